The van der Waals surface area contributed by atoms with Crippen molar-refractivity contribution in [2.75, 3.05) is 20.2 Å². The molecule has 20 heavy (non-hydrogen) atoms. The molecule has 1 aromatic carbocycles. The molecular weight excluding hydrogens is 294 g/mol. The number of likely N-dealkylation sites (N-methyl/N-ethyl adjacent to an activating group) is 1. The number of ether oxygens (including phenoxy) is 1. The second kappa shape index (κ2) is 8.74. The van der Waals surface area contributed by atoms with Crippen LogP contribution in [0.25, 0.3) is 0 Å². The van der Waals surface area contributed by atoms with Crippen LogP contribution < -0.4 is 0 Å². The highest BCUT2D eigenvalue weighted by Gasteiger charge is 2.08. The fourth-order valence-corrected chi connectivity index (χ4v) is 2.35. The lowest BCUT2D eigenvalue weighted by Gasteiger charge is -2.16. The second-order valence-corrected chi connectivity index (χ2v) is 5.28. The van der Waals surface area contributed by atoms with Gasteiger partial charge in [-0.3, -0.25) is 4.90 Å². The van der Waals surface area contributed by atoms with Crippen molar-refractivity contribution in [2.45, 2.75) is 6.54 Å². The van der Waals surface area contributed by atoms with Crippen LogP contribution in [0.1, 0.15) is 15.2 Å². The van der Waals surface area contributed by atoms with E-state index in [2.05, 4.69) is 17.0 Å². The summed E-state index contributed by atoms with van der Waals surface area (Å²) in [5.74, 6) is -0.233. The van der Waals surface area contributed by atoms with Crippen LogP contribution in [0.5, 0.6) is 0 Å². The first-order chi connectivity index (χ1) is 9.25. The van der Waals surface area contributed by atoms with Crippen molar-refractivity contribution in [1.29, 1.82) is 0 Å². The van der Waals surface area contributed by atoms with Gasteiger partial charge in [0.15, 0.2) is 0 Å². The first-order valence-electron chi connectivity index (χ1n) is 6.19. The van der Waals surface area contributed by atoms with Crippen molar-refractivity contribution in [1.82, 2.24) is 4.90 Å². The number of halogens is 1. The van der Waals surface area contributed by atoms with E-state index >= 15 is 0 Å². The molecule has 2 aromatic rings. The summed E-state index contributed by atoms with van der Waals surface area (Å²) in [5.41, 5.74) is 1.26. The van der Waals surface area contributed by atoms with E-state index < -0.39 is 0 Å². The summed E-state index contributed by atoms with van der Waals surface area (Å²) in [4.78, 5) is 14.4. The van der Waals surface area contributed by atoms with Crippen LogP contribution in [0, 0.1) is 0 Å². The van der Waals surface area contributed by atoms with Crippen molar-refractivity contribution < 1.29 is 9.53 Å². The van der Waals surface area contributed by atoms with E-state index in [1.54, 1.807) is 6.07 Å². The summed E-state index contributed by atoms with van der Waals surface area (Å²) in [6.07, 6.45) is 0. The third kappa shape index (κ3) is 5.33. The number of rotatable bonds is 6. The molecule has 0 saturated heterocycles. The molecule has 0 bridgehead atoms. The maximum absolute atomic E-state index is 11.6. The fraction of sp³-hybridized carbons (Fsp3) is 0.267. The lowest BCUT2D eigenvalue weighted by atomic mass is 10.2. The monoisotopic (exact) mass is 311 g/mol. The van der Waals surface area contributed by atoms with E-state index in [0.29, 0.717) is 11.5 Å². The fourth-order valence-electron chi connectivity index (χ4n) is 1.73. The Morgan fingerprint density at radius 2 is 1.95 bits per heavy atom. The molecule has 0 radical (unpaired) electrons. The van der Waals surface area contributed by atoms with E-state index in [9.17, 15) is 4.79 Å². The average Bonchev–Trinajstić information content (AvgIpc) is 2.93. The number of carbonyl (C=O) groups excluding carboxylic acids is 1. The summed E-state index contributed by atoms with van der Waals surface area (Å²) in [5, 5.41) is 1.87. The third-order valence-electron chi connectivity index (χ3n) is 2.72. The number of benzene rings is 1. The first-order valence-corrected chi connectivity index (χ1v) is 7.07. The molecule has 3 nitrogen and oxygen atoms in total. The number of esters is 1. The molecule has 0 fully saturated rings. The Kier molecular flexibility index (Phi) is 7.30. The van der Waals surface area contributed by atoms with Crippen molar-refractivity contribution in [3.63, 3.8) is 0 Å². The van der Waals surface area contributed by atoms with Gasteiger partial charge in [0.25, 0.3) is 0 Å². The molecule has 0 aliphatic rings. The van der Waals surface area contributed by atoms with E-state index in [0.717, 1.165) is 13.1 Å². The predicted molar refractivity (Wildman–Crippen MR) is 84.6 cm³/mol. The second-order valence-electron chi connectivity index (χ2n) is 4.34. The molecule has 5 heteroatoms. The SMILES string of the molecule is CN(CCOC(=O)c1cccs1)Cc1ccccc1.Cl. The summed E-state index contributed by atoms with van der Waals surface area (Å²) in [6.45, 7) is 2.00. The minimum Gasteiger partial charge on any atom is -0.460 e. The zero-order chi connectivity index (χ0) is 13.5. The summed E-state index contributed by atoms with van der Waals surface area (Å²) in [6, 6.07) is 13.9. The van der Waals surface area contributed by atoms with Crippen molar-refractivity contribution in [2.24, 2.45) is 0 Å². The molecule has 0 unspecified atom stereocenters. The minimum absolute atomic E-state index is 0. The third-order valence-corrected chi connectivity index (χ3v) is 3.57. The minimum atomic E-state index is -0.233. The average molecular weight is 312 g/mol. The van der Waals surface area contributed by atoms with Gasteiger partial charge in [0.1, 0.15) is 11.5 Å². The highest BCUT2D eigenvalue weighted by Crippen LogP contribution is 2.09. The molecule has 0 saturated carbocycles. The van der Waals surface area contributed by atoms with Gasteiger partial charge in [-0.05, 0) is 24.1 Å². The lowest BCUT2D eigenvalue weighted by molar-refractivity contribution is 0.0476. The Hall–Kier alpha value is -1.36. The zero-order valence-electron chi connectivity index (χ0n) is 11.3. The summed E-state index contributed by atoms with van der Waals surface area (Å²) in [7, 11) is 2.02. The largest absolute Gasteiger partial charge is 0.460 e. The maximum atomic E-state index is 11.6. The van der Waals surface area contributed by atoms with Gasteiger partial charge in [-0.1, -0.05) is 36.4 Å². The van der Waals surface area contributed by atoms with Crippen molar-refractivity contribution >= 4 is 29.7 Å². The standard InChI is InChI=1S/C15H17NO2S.ClH/c1-16(12-13-6-3-2-4-7-13)9-10-18-15(17)14-8-5-11-19-14;/h2-8,11H,9-10,12H2,1H3;1H. The van der Waals surface area contributed by atoms with Crippen LogP contribution in [-0.2, 0) is 11.3 Å². The van der Waals surface area contributed by atoms with E-state index in [-0.39, 0.29) is 18.4 Å². The smallest absolute Gasteiger partial charge is 0.348 e. The number of thiophene rings is 1. The zero-order valence-corrected chi connectivity index (χ0v) is 13.0. The number of hydrogen-bond acceptors (Lipinski definition) is 4. The summed E-state index contributed by atoms with van der Waals surface area (Å²) >= 11 is 1.40. The van der Waals surface area contributed by atoms with Gasteiger partial charge in [0.2, 0.25) is 0 Å². The van der Waals surface area contributed by atoms with E-state index in [4.69, 9.17) is 4.74 Å². The van der Waals surface area contributed by atoms with Gasteiger partial charge in [0.05, 0.1) is 0 Å². The molecule has 0 atom stereocenters. The van der Waals surface area contributed by atoms with Crippen LogP contribution >= 0.6 is 23.7 Å². The van der Waals surface area contributed by atoms with Crippen LogP contribution in [0.4, 0.5) is 0 Å². The molecule has 0 amide bonds. The molecule has 0 aliphatic carbocycles. The van der Waals surface area contributed by atoms with Crippen LogP contribution in [0.3, 0.4) is 0 Å². The van der Waals surface area contributed by atoms with Gasteiger partial charge in [0, 0.05) is 13.1 Å². The summed E-state index contributed by atoms with van der Waals surface area (Å²) < 4.78 is 5.22. The van der Waals surface area contributed by atoms with Gasteiger partial charge in [-0.2, -0.15) is 0 Å². The van der Waals surface area contributed by atoms with Crippen molar-refractivity contribution in [3.8, 4) is 0 Å². The normalized spacial score (nSPS) is 10.1. The number of carbonyl (C=O) groups is 1. The van der Waals surface area contributed by atoms with E-state index in [1.807, 2.05) is 36.7 Å². The van der Waals surface area contributed by atoms with Gasteiger partial charge in [-0.25, -0.2) is 4.79 Å². The first kappa shape index (κ1) is 16.7. The van der Waals surface area contributed by atoms with Crippen molar-refractivity contribution in [3.05, 3.63) is 58.3 Å². The van der Waals surface area contributed by atoms with Crippen LogP contribution in [-0.4, -0.2) is 31.1 Å². The van der Waals surface area contributed by atoms with Gasteiger partial charge in [-0.15, -0.1) is 23.7 Å². The van der Waals surface area contributed by atoms with Gasteiger partial charge < -0.3 is 4.74 Å². The molecule has 2 rings (SSSR count). The van der Waals surface area contributed by atoms with E-state index in [1.165, 1.54) is 16.9 Å². The Bertz CT molecular complexity index is 502. The molecule has 1 heterocycles. The Labute approximate surface area is 129 Å². The lowest BCUT2D eigenvalue weighted by Crippen LogP contribution is -2.23. The molecule has 0 spiro atoms. The Balaban J connectivity index is 0.00000200. The Morgan fingerprint density at radius 1 is 1.20 bits per heavy atom. The molecule has 1 aromatic heterocycles. The molecule has 0 aliphatic heterocycles. The van der Waals surface area contributed by atoms with Gasteiger partial charge >= 0.3 is 5.97 Å². The van der Waals surface area contributed by atoms with Crippen LogP contribution in [0.15, 0.2) is 47.8 Å². The highest BCUT2D eigenvalue weighted by atomic mass is 35.5. The number of nitrogens with zero attached hydrogens (tertiary/aromatic N) is 1. The predicted octanol–water partition coefficient (Wildman–Crippen LogP) is 3.46. The quantitative estimate of drug-likeness (QED) is 0.765. The Morgan fingerprint density at radius 3 is 2.60 bits per heavy atom. The molecular formula is C15H18ClNO2S. The number of hydrogen-bond donors (Lipinski definition) is 0. The topological polar surface area (TPSA) is 29.5 Å². The molecule has 108 valence electrons. The maximum Gasteiger partial charge on any atom is 0.348 e. The van der Waals surface area contributed by atoms with Crippen LogP contribution in [0.2, 0.25) is 0 Å². The molecule has 0 N–H and O–H groups in total. The highest BCUT2D eigenvalue weighted by molar-refractivity contribution is 7.11.